The van der Waals surface area contributed by atoms with E-state index in [0.717, 1.165) is 24.3 Å². The summed E-state index contributed by atoms with van der Waals surface area (Å²) in [6.07, 6.45) is 6.00. The van der Waals surface area contributed by atoms with E-state index in [9.17, 15) is 0 Å². The van der Waals surface area contributed by atoms with Crippen LogP contribution in [0.2, 0.25) is 0 Å². The van der Waals surface area contributed by atoms with Gasteiger partial charge in [-0.2, -0.15) is 5.10 Å². The van der Waals surface area contributed by atoms with Gasteiger partial charge in [0.1, 0.15) is 0 Å². The fraction of sp³-hybridized carbons (Fsp3) is 0.308. The summed E-state index contributed by atoms with van der Waals surface area (Å²) in [5.41, 5.74) is 2.23. The van der Waals surface area contributed by atoms with E-state index in [0.29, 0.717) is 6.42 Å². The predicted molar refractivity (Wildman–Crippen MR) is 65.9 cm³/mol. The summed E-state index contributed by atoms with van der Waals surface area (Å²) in [5.74, 6) is 2.65. The van der Waals surface area contributed by atoms with Crippen molar-refractivity contribution in [2.75, 3.05) is 7.05 Å². The van der Waals surface area contributed by atoms with Crippen molar-refractivity contribution in [3.05, 3.63) is 30.0 Å². The highest BCUT2D eigenvalue weighted by Gasteiger charge is 2.08. The van der Waals surface area contributed by atoms with Gasteiger partial charge >= 0.3 is 0 Å². The van der Waals surface area contributed by atoms with Gasteiger partial charge in [-0.25, -0.2) is 0 Å². The molecule has 0 unspecified atom stereocenters. The molecule has 0 aliphatic carbocycles. The highest BCUT2D eigenvalue weighted by molar-refractivity contribution is 5.81. The van der Waals surface area contributed by atoms with Crippen molar-refractivity contribution in [1.82, 2.24) is 15.1 Å². The second-order valence-corrected chi connectivity index (χ2v) is 3.67. The van der Waals surface area contributed by atoms with Crippen LogP contribution < -0.4 is 5.32 Å². The third-order valence-electron chi connectivity index (χ3n) is 2.55. The first-order valence-electron chi connectivity index (χ1n) is 5.39. The molecule has 16 heavy (non-hydrogen) atoms. The van der Waals surface area contributed by atoms with Gasteiger partial charge in [0, 0.05) is 18.4 Å². The Morgan fingerprint density at radius 1 is 1.44 bits per heavy atom. The number of terminal acetylenes is 1. The summed E-state index contributed by atoms with van der Waals surface area (Å²) in [4.78, 5) is 0. The van der Waals surface area contributed by atoms with Gasteiger partial charge in [-0.3, -0.25) is 4.68 Å². The number of nitrogens with zero attached hydrogens (tertiary/aromatic N) is 2. The van der Waals surface area contributed by atoms with E-state index in [2.05, 4.69) is 28.5 Å². The zero-order chi connectivity index (χ0) is 11.4. The van der Waals surface area contributed by atoms with Crippen LogP contribution >= 0.6 is 0 Å². The molecule has 0 saturated carbocycles. The molecule has 0 radical (unpaired) electrons. The molecule has 0 aliphatic rings. The molecule has 0 amide bonds. The molecule has 2 rings (SSSR count). The quantitative estimate of drug-likeness (QED) is 0.785. The van der Waals surface area contributed by atoms with Crippen molar-refractivity contribution in [2.24, 2.45) is 0 Å². The number of hydrogen-bond acceptors (Lipinski definition) is 2. The first-order chi connectivity index (χ1) is 7.86. The maximum atomic E-state index is 5.28. The third-order valence-corrected chi connectivity index (χ3v) is 2.55. The first kappa shape index (κ1) is 10.7. The fourth-order valence-electron chi connectivity index (χ4n) is 1.84. The molecule has 1 heterocycles. The van der Waals surface area contributed by atoms with E-state index in [1.807, 2.05) is 23.9 Å². The summed E-state index contributed by atoms with van der Waals surface area (Å²) in [5, 5.41) is 8.91. The fourth-order valence-corrected chi connectivity index (χ4v) is 1.84. The van der Waals surface area contributed by atoms with Crippen molar-refractivity contribution >= 4 is 10.9 Å². The van der Waals surface area contributed by atoms with Crippen molar-refractivity contribution in [3.63, 3.8) is 0 Å². The van der Waals surface area contributed by atoms with Gasteiger partial charge in [0.15, 0.2) is 0 Å². The Hall–Kier alpha value is -1.79. The summed E-state index contributed by atoms with van der Waals surface area (Å²) in [6, 6.07) is 8.24. The van der Waals surface area contributed by atoms with Crippen molar-refractivity contribution in [3.8, 4) is 12.3 Å². The molecular formula is C13H15N3. The largest absolute Gasteiger partial charge is 0.314 e. The zero-order valence-electron chi connectivity index (χ0n) is 9.40. The van der Waals surface area contributed by atoms with E-state index >= 15 is 0 Å². The Kier molecular flexibility index (Phi) is 3.23. The maximum Gasteiger partial charge on any atom is 0.0841 e. The van der Waals surface area contributed by atoms with Crippen LogP contribution in [0.5, 0.6) is 0 Å². The SMILES string of the molecule is C#CCCn1nc(CNC)c2ccccc21. The molecule has 0 saturated heterocycles. The normalized spacial score (nSPS) is 10.5. The molecule has 1 N–H and O–H groups in total. The molecule has 0 atom stereocenters. The number of aromatic nitrogens is 2. The maximum absolute atomic E-state index is 5.28. The molecule has 3 nitrogen and oxygen atoms in total. The molecule has 1 aromatic heterocycles. The van der Waals surface area contributed by atoms with Crippen LogP contribution in [0.4, 0.5) is 0 Å². The van der Waals surface area contributed by atoms with E-state index in [1.165, 1.54) is 5.39 Å². The predicted octanol–water partition coefficient (Wildman–Crippen LogP) is 1.78. The molecule has 82 valence electrons. The lowest BCUT2D eigenvalue weighted by molar-refractivity contribution is 0.631. The summed E-state index contributed by atoms with van der Waals surface area (Å²) < 4.78 is 1.99. The Bertz CT molecular complexity index is 519. The highest BCUT2D eigenvalue weighted by Crippen LogP contribution is 2.18. The molecule has 3 heteroatoms. The van der Waals surface area contributed by atoms with E-state index < -0.39 is 0 Å². The van der Waals surface area contributed by atoms with Gasteiger partial charge in [0.2, 0.25) is 0 Å². The van der Waals surface area contributed by atoms with Crippen LogP contribution in [0.25, 0.3) is 10.9 Å². The van der Waals surface area contributed by atoms with Crippen molar-refractivity contribution in [1.29, 1.82) is 0 Å². The first-order valence-corrected chi connectivity index (χ1v) is 5.39. The Morgan fingerprint density at radius 3 is 3.00 bits per heavy atom. The highest BCUT2D eigenvalue weighted by atomic mass is 15.3. The third kappa shape index (κ3) is 1.93. The van der Waals surface area contributed by atoms with Crippen LogP contribution in [0, 0.1) is 12.3 Å². The van der Waals surface area contributed by atoms with Gasteiger partial charge < -0.3 is 5.32 Å². The molecule has 1 aromatic carbocycles. The monoisotopic (exact) mass is 213 g/mol. The number of hydrogen-bond donors (Lipinski definition) is 1. The number of benzene rings is 1. The summed E-state index contributed by atoms with van der Waals surface area (Å²) >= 11 is 0. The van der Waals surface area contributed by atoms with E-state index in [1.54, 1.807) is 0 Å². The second-order valence-electron chi connectivity index (χ2n) is 3.67. The van der Waals surface area contributed by atoms with Crippen LogP contribution in [0.3, 0.4) is 0 Å². The van der Waals surface area contributed by atoms with Gasteiger partial charge in [-0.15, -0.1) is 12.3 Å². The van der Waals surface area contributed by atoms with Gasteiger partial charge in [0.25, 0.3) is 0 Å². The molecule has 0 bridgehead atoms. The number of rotatable bonds is 4. The minimum Gasteiger partial charge on any atom is -0.314 e. The van der Waals surface area contributed by atoms with Crippen LogP contribution in [0.15, 0.2) is 24.3 Å². The number of aryl methyl sites for hydroxylation is 1. The Balaban J connectivity index is 2.45. The number of nitrogens with one attached hydrogen (secondary N) is 1. The van der Waals surface area contributed by atoms with E-state index in [-0.39, 0.29) is 0 Å². The van der Waals surface area contributed by atoms with Gasteiger partial charge in [-0.1, -0.05) is 18.2 Å². The van der Waals surface area contributed by atoms with Crippen molar-refractivity contribution in [2.45, 2.75) is 19.5 Å². The topological polar surface area (TPSA) is 29.9 Å². The zero-order valence-corrected chi connectivity index (χ0v) is 9.40. The molecule has 0 fully saturated rings. The second kappa shape index (κ2) is 4.82. The van der Waals surface area contributed by atoms with Crippen LogP contribution in [0.1, 0.15) is 12.1 Å². The molecule has 0 spiro atoms. The standard InChI is InChI=1S/C13H15N3/c1-3-4-9-16-13-8-6-5-7-11(13)12(15-16)10-14-2/h1,5-8,14H,4,9-10H2,2H3. The Morgan fingerprint density at radius 2 is 2.25 bits per heavy atom. The lowest BCUT2D eigenvalue weighted by atomic mass is 10.2. The average molecular weight is 213 g/mol. The molecule has 2 aromatic rings. The lowest BCUT2D eigenvalue weighted by Gasteiger charge is -1.98. The van der Waals surface area contributed by atoms with Gasteiger partial charge in [0.05, 0.1) is 17.8 Å². The molecular weight excluding hydrogens is 198 g/mol. The number of fused-ring (bicyclic) bond motifs is 1. The van der Waals surface area contributed by atoms with Crippen molar-refractivity contribution < 1.29 is 0 Å². The van der Waals surface area contributed by atoms with E-state index in [4.69, 9.17) is 6.42 Å². The van der Waals surface area contributed by atoms with Crippen LogP contribution in [-0.4, -0.2) is 16.8 Å². The molecule has 0 aliphatic heterocycles. The smallest absolute Gasteiger partial charge is 0.0841 e. The Labute approximate surface area is 95.5 Å². The summed E-state index contributed by atoms with van der Waals surface area (Å²) in [6.45, 7) is 1.56. The summed E-state index contributed by atoms with van der Waals surface area (Å²) in [7, 11) is 1.93. The van der Waals surface area contributed by atoms with Crippen LogP contribution in [-0.2, 0) is 13.1 Å². The number of para-hydroxylation sites is 1. The minimum atomic E-state index is 0.713. The lowest BCUT2D eigenvalue weighted by Crippen LogP contribution is -2.07. The van der Waals surface area contributed by atoms with Gasteiger partial charge in [-0.05, 0) is 13.1 Å². The minimum absolute atomic E-state index is 0.713. The average Bonchev–Trinajstić information content (AvgIpc) is 2.66.